The lowest BCUT2D eigenvalue weighted by Gasteiger charge is -2.16. The molecule has 2 N–H and O–H groups in total. The molecule has 0 aliphatic heterocycles. The molecule has 0 fully saturated rings. The van der Waals surface area contributed by atoms with E-state index in [1.54, 1.807) is 0 Å². The average Bonchev–Trinajstić information content (AvgIpc) is 2.42. The highest BCUT2D eigenvalue weighted by atomic mass is 31.2. The van der Waals surface area contributed by atoms with E-state index in [1.165, 1.54) is 12.8 Å². The van der Waals surface area contributed by atoms with Gasteiger partial charge in [0, 0.05) is 12.1 Å². The summed E-state index contributed by atoms with van der Waals surface area (Å²) in [5.41, 5.74) is 0. The van der Waals surface area contributed by atoms with Crippen molar-refractivity contribution in [1.29, 1.82) is 0 Å². The van der Waals surface area contributed by atoms with Crippen molar-refractivity contribution in [3.8, 4) is 0 Å². The second-order valence-corrected chi connectivity index (χ2v) is 6.48. The largest absolute Gasteiger partial charge is 0.472 e. The lowest BCUT2D eigenvalue weighted by Crippen LogP contribution is -2.33. The quantitative estimate of drug-likeness (QED) is 0.474. The second-order valence-electron chi connectivity index (χ2n) is 5.03. The molecule has 0 amide bonds. The molecule has 0 aliphatic carbocycles. The van der Waals surface area contributed by atoms with Crippen LogP contribution in [0.2, 0.25) is 0 Å². The van der Waals surface area contributed by atoms with Crippen LogP contribution in [0.25, 0.3) is 0 Å². The van der Waals surface area contributed by atoms with Gasteiger partial charge in [-0.1, -0.05) is 13.8 Å². The van der Waals surface area contributed by atoms with E-state index >= 15 is 0 Å². The van der Waals surface area contributed by atoms with E-state index < -0.39 is 33.4 Å². The van der Waals surface area contributed by atoms with E-state index in [-0.39, 0.29) is 0 Å². The second kappa shape index (κ2) is 11.3. The van der Waals surface area contributed by atoms with Crippen LogP contribution in [0.5, 0.6) is 0 Å². The van der Waals surface area contributed by atoms with Crippen LogP contribution in [0.4, 0.5) is 26.3 Å². The minimum absolute atomic E-state index is 0.681. The Morgan fingerprint density at radius 1 is 0.917 bits per heavy atom. The highest BCUT2D eigenvalue weighted by Gasteiger charge is 2.37. The Morgan fingerprint density at radius 2 is 1.21 bits per heavy atom. The summed E-state index contributed by atoms with van der Waals surface area (Å²) < 4.78 is 85.5. The third-order valence-corrected chi connectivity index (χ3v) is 3.49. The summed E-state index contributed by atoms with van der Waals surface area (Å²) in [5.74, 6) is 0. The van der Waals surface area contributed by atoms with Crippen LogP contribution in [-0.2, 0) is 13.6 Å². The van der Waals surface area contributed by atoms with Gasteiger partial charge in [0.2, 0.25) is 0 Å². The number of phosphoric acid groups is 1. The molecule has 0 rings (SSSR count). The Kier molecular flexibility index (Phi) is 12.2. The van der Waals surface area contributed by atoms with Gasteiger partial charge in [-0.3, -0.25) is 9.05 Å². The van der Waals surface area contributed by atoms with Crippen molar-refractivity contribution in [2.45, 2.75) is 65.0 Å². The predicted molar refractivity (Wildman–Crippen MR) is 76.5 cm³/mol. The zero-order valence-corrected chi connectivity index (χ0v) is 14.8. The van der Waals surface area contributed by atoms with Crippen LogP contribution < -0.4 is 5.32 Å². The normalized spacial score (nSPS) is 15.5. The molecule has 0 aromatic heterocycles. The molecule has 0 saturated carbocycles. The van der Waals surface area contributed by atoms with Crippen LogP contribution in [0.15, 0.2) is 0 Å². The summed E-state index contributed by atoms with van der Waals surface area (Å²) >= 11 is 0. The first-order valence-corrected chi connectivity index (χ1v) is 8.62. The van der Waals surface area contributed by atoms with Crippen LogP contribution in [-0.4, -0.2) is 42.5 Å². The molecule has 0 bridgehead atoms. The number of nitrogens with one attached hydrogen (secondary N) is 1. The number of hydrogen-bond acceptors (Lipinski definition) is 4. The molecule has 24 heavy (non-hydrogen) atoms. The smallest absolute Gasteiger partial charge is 0.312 e. The lowest BCUT2D eigenvalue weighted by molar-refractivity contribution is -0.169. The van der Waals surface area contributed by atoms with Gasteiger partial charge in [0.05, 0.1) is 0 Å². The van der Waals surface area contributed by atoms with Crippen molar-refractivity contribution in [3.05, 3.63) is 0 Å². The van der Waals surface area contributed by atoms with Gasteiger partial charge < -0.3 is 10.2 Å². The molecule has 0 spiro atoms. The molecule has 0 radical (unpaired) electrons. The summed E-state index contributed by atoms with van der Waals surface area (Å²) in [7, 11) is -5.33. The van der Waals surface area contributed by atoms with Gasteiger partial charge in [0.1, 0.15) is 0 Å². The molecule has 2 atom stereocenters. The van der Waals surface area contributed by atoms with Crippen LogP contribution in [0, 0.1) is 0 Å². The van der Waals surface area contributed by atoms with Crippen molar-refractivity contribution >= 4 is 7.82 Å². The van der Waals surface area contributed by atoms with Crippen LogP contribution in [0.3, 0.4) is 0 Å². The summed E-state index contributed by atoms with van der Waals surface area (Å²) in [4.78, 5) is 8.35. The first-order chi connectivity index (χ1) is 10.6. The molecular weight excluding hydrogens is 367 g/mol. The van der Waals surface area contributed by atoms with Crippen LogP contribution >= 0.6 is 7.82 Å². The van der Waals surface area contributed by atoms with E-state index in [9.17, 15) is 30.9 Å². The molecule has 2 unspecified atom stereocenters. The number of phosphoric ester groups is 1. The topological polar surface area (TPSA) is 67.8 Å². The van der Waals surface area contributed by atoms with Crippen LogP contribution in [0.1, 0.15) is 40.5 Å². The third-order valence-electron chi connectivity index (χ3n) is 2.58. The molecule has 0 aromatic carbocycles. The average molecular weight is 391 g/mol. The van der Waals surface area contributed by atoms with E-state index in [0.717, 1.165) is 0 Å². The zero-order chi connectivity index (χ0) is 19.6. The fourth-order valence-corrected chi connectivity index (χ4v) is 1.76. The van der Waals surface area contributed by atoms with Crippen molar-refractivity contribution in [3.63, 3.8) is 0 Å². The Hall–Kier alpha value is -0.350. The first kappa shape index (κ1) is 25.9. The molecule has 0 saturated heterocycles. The van der Waals surface area contributed by atoms with Gasteiger partial charge in [0.15, 0.2) is 13.2 Å². The molecular formula is C12H24F6NO4P. The van der Waals surface area contributed by atoms with Gasteiger partial charge in [-0.2, -0.15) is 26.3 Å². The van der Waals surface area contributed by atoms with Crippen molar-refractivity contribution in [2.75, 3.05) is 13.2 Å². The zero-order valence-electron chi connectivity index (χ0n) is 13.9. The third kappa shape index (κ3) is 19.7. The van der Waals surface area contributed by atoms with Crippen molar-refractivity contribution < 1.29 is 44.8 Å². The van der Waals surface area contributed by atoms with Gasteiger partial charge in [-0.15, -0.1) is 0 Å². The van der Waals surface area contributed by atoms with Gasteiger partial charge in [-0.25, -0.2) is 4.57 Å². The lowest BCUT2D eigenvalue weighted by atomic mass is 10.2. The van der Waals surface area contributed by atoms with Gasteiger partial charge >= 0.3 is 20.2 Å². The molecule has 5 nitrogen and oxygen atoms in total. The minimum atomic E-state index is -5.33. The molecule has 0 aromatic rings. The maximum atomic E-state index is 11.4. The van der Waals surface area contributed by atoms with Gasteiger partial charge in [-0.05, 0) is 26.7 Å². The minimum Gasteiger partial charge on any atom is -0.312 e. The summed E-state index contributed by atoms with van der Waals surface area (Å²) in [6.07, 6.45) is -7.41. The molecule has 0 heterocycles. The highest BCUT2D eigenvalue weighted by Crippen LogP contribution is 2.45. The van der Waals surface area contributed by atoms with Crippen molar-refractivity contribution in [2.24, 2.45) is 0 Å². The number of rotatable bonds is 8. The Bertz CT molecular complexity index is 348. The predicted octanol–water partition coefficient (Wildman–Crippen LogP) is 4.42. The van der Waals surface area contributed by atoms with Crippen molar-refractivity contribution in [1.82, 2.24) is 5.32 Å². The molecule has 148 valence electrons. The summed E-state index contributed by atoms with van der Waals surface area (Å²) in [5, 5.41) is 3.48. The van der Waals surface area contributed by atoms with E-state index in [4.69, 9.17) is 4.89 Å². The molecule has 12 heteroatoms. The maximum absolute atomic E-state index is 11.4. The summed E-state index contributed by atoms with van der Waals surface area (Å²) in [6.45, 7) is 4.54. The fraction of sp³-hybridized carbons (Fsp3) is 1.00. The number of halogens is 6. The standard InChI is InChI=1S/C8H19N.C4H5F6O4P/c1-5-7(3)9-8(4)6-2;5-3(6,7)1-13-15(11,12)14-2-4(8,9)10/h7-9H,5-6H2,1-4H3;1-2H2,(H,11,12). The van der Waals surface area contributed by atoms with Gasteiger partial charge in [0.25, 0.3) is 0 Å². The Morgan fingerprint density at radius 3 is 1.42 bits per heavy atom. The van der Waals surface area contributed by atoms with E-state index in [2.05, 4.69) is 42.1 Å². The number of alkyl halides is 6. The Balaban J connectivity index is 0. The highest BCUT2D eigenvalue weighted by molar-refractivity contribution is 7.47. The maximum Gasteiger partial charge on any atom is 0.472 e. The van der Waals surface area contributed by atoms with E-state index in [0.29, 0.717) is 12.1 Å². The Labute approximate surface area is 137 Å². The first-order valence-electron chi connectivity index (χ1n) is 7.13. The summed E-state index contributed by atoms with van der Waals surface area (Å²) in [6, 6.07) is 1.36. The monoisotopic (exact) mass is 391 g/mol. The fourth-order valence-electron chi connectivity index (χ4n) is 1.07. The molecule has 0 aliphatic rings. The SMILES string of the molecule is CCC(C)NC(C)CC.O=P(O)(OCC(F)(F)F)OCC(F)(F)F. The van der Waals surface area contributed by atoms with E-state index in [1.807, 2.05) is 0 Å². The number of hydrogen-bond donors (Lipinski definition) is 2.